The number of sulfonamides is 1. The second-order valence-electron chi connectivity index (χ2n) is 5.75. The van der Waals surface area contributed by atoms with Crippen LogP contribution in [0.1, 0.15) is 12.8 Å². The van der Waals surface area contributed by atoms with Gasteiger partial charge in [-0.15, -0.1) is 12.4 Å². The fourth-order valence-corrected chi connectivity index (χ4v) is 3.57. The van der Waals surface area contributed by atoms with Crippen LogP contribution in [0.15, 0.2) is 59.5 Å². The molecule has 23 heavy (non-hydrogen) atoms. The lowest BCUT2D eigenvalue weighted by Crippen LogP contribution is -2.38. The van der Waals surface area contributed by atoms with Gasteiger partial charge in [0.05, 0.1) is 4.90 Å². The number of nitrogens with two attached hydrogens (primary N) is 1. The molecule has 2 aromatic rings. The van der Waals surface area contributed by atoms with E-state index in [1.807, 2.05) is 36.4 Å². The molecular formula is C17H21ClN2O2S. The van der Waals surface area contributed by atoms with Crippen molar-refractivity contribution in [3.63, 3.8) is 0 Å². The summed E-state index contributed by atoms with van der Waals surface area (Å²) >= 11 is 0. The lowest BCUT2D eigenvalue weighted by molar-refractivity contribution is 0.548. The van der Waals surface area contributed by atoms with Gasteiger partial charge in [0.2, 0.25) is 10.0 Å². The van der Waals surface area contributed by atoms with Crippen LogP contribution in [-0.2, 0) is 10.0 Å². The highest BCUT2D eigenvalue weighted by molar-refractivity contribution is 7.89. The fourth-order valence-electron chi connectivity index (χ4n) is 2.45. The van der Waals surface area contributed by atoms with Crippen LogP contribution >= 0.6 is 12.4 Å². The summed E-state index contributed by atoms with van der Waals surface area (Å²) < 4.78 is 27.4. The summed E-state index contributed by atoms with van der Waals surface area (Å²) in [5.74, 6) is 0.471. The van der Waals surface area contributed by atoms with E-state index in [0.29, 0.717) is 12.5 Å². The van der Waals surface area contributed by atoms with Crippen LogP contribution in [0.2, 0.25) is 0 Å². The van der Waals surface area contributed by atoms with Gasteiger partial charge < -0.3 is 5.73 Å². The van der Waals surface area contributed by atoms with E-state index in [9.17, 15) is 8.42 Å². The zero-order chi connectivity index (χ0) is 15.6. The number of benzene rings is 2. The summed E-state index contributed by atoms with van der Waals surface area (Å²) in [6.45, 7) is 0.294. The lowest BCUT2D eigenvalue weighted by Gasteiger charge is -2.12. The Labute approximate surface area is 143 Å². The van der Waals surface area contributed by atoms with Crippen LogP contribution in [0.5, 0.6) is 0 Å². The van der Waals surface area contributed by atoms with Crippen molar-refractivity contribution in [3.8, 4) is 11.1 Å². The Morgan fingerprint density at radius 2 is 1.70 bits per heavy atom. The van der Waals surface area contributed by atoms with Gasteiger partial charge in [-0.05, 0) is 42.0 Å². The molecule has 1 unspecified atom stereocenters. The summed E-state index contributed by atoms with van der Waals surface area (Å²) in [6, 6.07) is 16.6. The highest BCUT2D eigenvalue weighted by Gasteiger charge is 2.29. The van der Waals surface area contributed by atoms with Gasteiger partial charge in [-0.1, -0.05) is 42.5 Å². The molecular weight excluding hydrogens is 332 g/mol. The Hall–Kier alpha value is -1.40. The van der Waals surface area contributed by atoms with Crippen LogP contribution in [0.4, 0.5) is 0 Å². The highest BCUT2D eigenvalue weighted by atomic mass is 35.5. The Morgan fingerprint density at radius 3 is 2.35 bits per heavy atom. The fraction of sp³-hybridized carbons (Fsp3) is 0.294. The van der Waals surface area contributed by atoms with Crippen molar-refractivity contribution < 1.29 is 8.42 Å². The number of hydrogen-bond acceptors (Lipinski definition) is 3. The smallest absolute Gasteiger partial charge is 0.240 e. The topological polar surface area (TPSA) is 72.2 Å². The lowest BCUT2D eigenvalue weighted by atomic mass is 10.1. The molecule has 4 nitrogen and oxygen atoms in total. The summed E-state index contributed by atoms with van der Waals surface area (Å²) in [5.41, 5.74) is 7.84. The SMILES string of the molecule is Cl.NC(CNS(=O)(=O)c1cccc(-c2ccccc2)c1)C1CC1. The molecule has 124 valence electrons. The van der Waals surface area contributed by atoms with E-state index in [-0.39, 0.29) is 23.3 Å². The monoisotopic (exact) mass is 352 g/mol. The molecule has 1 saturated carbocycles. The van der Waals surface area contributed by atoms with Crippen molar-refractivity contribution in [2.45, 2.75) is 23.8 Å². The van der Waals surface area contributed by atoms with E-state index in [0.717, 1.165) is 24.0 Å². The molecule has 0 saturated heterocycles. The van der Waals surface area contributed by atoms with Crippen LogP contribution in [0, 0.1) is 5.92 Å². The summed E-state index contributed by atoms with van der Waals surface area (Å²) in [6.07, 6.45) is 2.21. The first-order chi connectivity index (χ1) is 10.6. The van der Waals surface area contributed by atoms with Gasteiger partial charge in [0.15, 0.2) is 0 Å². The number of hydrogen-bond donors (Lipinski definition) is 2. The molecule has 6 heteroatoms. The second kappa shape index (κ2) is 7.45. The molecule has 3 rings (SSSR count). The van der Waals surface area contributed by atoms with Crippen LogP contribution in [0.25, 0.3) is 11.1 Å². The molecule has 0 aliphatic heterocycles. The number of halogens is 1. The molecule has 1 aliphatic carbocycles. The molecule has 0 aromatic heterocycles. The van der Waals surface area contributed by atoms with Crippen molar-refractivity contribution in [3.05, 3.63) is 54.6 Å². The third kappa shape index (κ3) is 4.54. The van der Waals surface area contributed by atoms with Gasteiger partial charge in [0.25, 0.3) is 0 Å². The van der Waals surface area contributed by atoms with Crippen LogP contribution in [0.3, 0.4) is 0 Å². The molecule has 2 aromatic carbocycles. The molecule has 0 heterocycles. The molecule has 1 fully saturated rings. The third-order valence-electron chi connectivity index (χ3n) is 3.99. The van der Waals surface area contributed by atoms with E-state index in [4.69, 9.17) is 5.73 Å². The van der Waals surface area contributed by atoms with Crippen LogP contribution < -0.4 is 10.5 Å². The van der Waals surface area contributed by atoms with E-state index >= 15 is 0 Å². The summed E-state index contributed by atoms with van der Waals surface area (Å²) in [4.78, 5) is 0.275. The number of nitrogens with one attached hydrogen (secondary N) is 1. The first-order valence-electron chi connectivity index (χ1n) is 7.47. The van der Waals surface area contributed by atoms with Gasteiger partial charge >= 0.3 is 0 Å². The zero-order valence-corrected chi connectivity index (χ0v) is 14.3. The Morgan fingerprint density at radius 1 is 1.04 bits per heavy atom. The van der Waals surface area contributed by atoms with E-state index < -0.39 is 10.0 Å². The minimum atomic E-state index is -3.52. The van der Waals surface area contributed by atoms with Crippen molar-refractivity contribution in [1.29, 1.82) is 0 Å². The average molecular weight is 353 g/mol. The van der Waals surface area contributed by atoms with Crippen LogP contribution in [-0.4, -0.2) is 21.0 Å². The van der Waals surface area contributed by atoms with Gasteiger partial charge in [0, 0.05) is 12.6 Å². The standard InChI is InChI=1S/C17H20N2O2S.ClH/c18-17(14-9-10-14)12-19-22(20,21)16-8-4-7-15(11-16)13-5-2-1-3-6-13;/h1-8,11,14,17,19H,9-10,12,18H2;1H. The van der Waals surface area contributed by atoms with E-state index in [1.54, 1.807) is 18.2 Å². The molecule has 0 radical (unpaired) electrons. The molecule has 0 bridgehead atoms. The van der Waals surface area contributed by atoms with Crippen molar-refractivity contribution in [2.24, 2.45) is 11.7 Å². The maximum Gasteiger partial charge on any atom is 0.240 e. The Kier molecular flexibility index (Phi) is 5.81. The second-order valence-corrected chi connectivity index (χ2v) is 7.51. The first-order valence-corrected chi connectivity index (χ1v) is 8.95. The van der Waals surface area contributed by atoms with Gasteiger partial charge in [-0.25, -0.2) is 13.1 Å². The minimum absolute atomic E-state index is 0. The summed E-state index contributed by atoms with van der Waals surface area (Å²) in [7, 11) is -3.52. The Bertz CT molecular complexity index is 746. The van der Waals surface area contributed by atoms with Gasteiger partial charge in [-0.3, -0.25) is 0 Å². The minimum Gasteiger partial charge on any atom is -0.326 e. The number of rotatable bonds is 6. The maximum atomic E-state index is 12.4. The molecule has 0 spiro atoms. The van der Waals surface area contributed by atoms with E-state index in [2.05, 4.69) is 4.72 Å². The first kappa shape index (κ1) is 17.9. The average Bonchev–Trinajstić information content (AvgIpc) is 3.39. The van der Waals surface area contributed by atoms with Crippen molar-refractivity contribution >= 4 is 22.4 Å². The largest absolute Gasteiger partial charge is 0.326 e. The highest BCUT2D eigenvalue weighted by Crippen LogP contribution is 2.31. The predicted octanol–water partition coefficient (Wildman–Crippen LogP) is 2.79. The molecule has 3 N–H and O–H groups in total. The van der Waals surface area contributed by atoms with Crippen molar-refractivity contribution in [1.82, 2.24) is 4.72 Å². The normalized spacial score (nSPS) is 15.7. The molecule has 1 aliphatic rings. The summed E-state index contributed by atoms with van der Waals surface area (Å²) in [5, 5.41) is 0. The van der Waals surface area contributed by atoms with E-state index in [1.165, 1.54) is 0 Å². The zero-order valence-electron chi connectivity index (χ0n) is 12.7. The predicted molar refractivity (Wildman–Crippen MR) is 95.0 cm³/mol. The van der Waals surface area contributed by atoms with Gasteiger partial charge in [0.1, 0.15) is 0 Å². The molecule has 1 atom stereocenters. The maximum absolute atomic E-state index is 12.4. The van der Waals surface area contributed by atoms with Gasteiger partial charge in [-0.2, -0.15) is 0 Å². The Balaban J connectivity index is 0.00000192. The van der Waals surface area contributed by atoms with Crippen molar-refractivity contribution in [2.75, 3.05) is 6.54 Å². The quantitative estimate of drug-likeness (QED) is 0.839. The third-order valence-corrected chi connectivity index (χ3v) is 5.41. The molecule has 0 amide bonds.